The maximum absolute atomic E-state index is 12.0. The molecule has 0 spiro atoms. The normalized spacial score (nSPS) is 10.4. The Morgan fingerprint density at radius 1 is 1.29 bits per heavy atom. The highest BCUT2D eigenvalue weighted by Crippen LogP contribution is 2.25. The van der Waals surface area contributed by atoms with E-state index in [0.717, 1.165) is 6.20 Å². The van der Waals surface area contributed by atoms with Gasteiger partial charge in [0.2, 0.25) is 5.82 Å². The number of aryl methyl sites for hydroxylation is 1. The lowest BCUT2D eigenvalue weighted by atomic mass is 10.3. The van der Waals surface area contributed by atoms with Gasteiger partial charge in [-0.15, -0.1) is 0 Å². The summed E-state index contributed by atoms with van der Waals surface area (Å²) in [5.41, 5.74) is 0.400. The number of alkyl halides is 3. The minimum Gasteiger partial charge on any atom is -0.233 e. The molecule has 0 amide bonds. The summed E-state index contributed by atoms with van der Waals surface area (Å²) < 4.78 is 35.9. The van der Waals surface area contributed by atoms with Gasteiger partial charge in [0.15, 0.2) is 0 Å². The first-order valence-electron chi connectivity index (χ1n) is 4.43. The molecule has 1 heterocycles. The summed E-state index contributed by atoms with van der Waals surface area (Å²) in [6.45, 7) is 5.74. The highest BCUT2D eigenvalue weighted by molar-refractivity contribution is 5.03. The Morgan fingerprint density at radius 2 is 1.86 bits per heavy atom. The molecule has 0 fully saturated rings. The molecule has 0 N–H and O–H groups in total. The fourth-order valence-electron chi connectivity index (χ4n) is 0.730. The molecule has 0 saturated carbocycles. The third-order valence-corrected chi connectivity index (χ3v) is 1.33. The van der Waals surface area contributed by atoms with E-state index in [2.05, 4.69) is 9.97 Å². The molecule has 0 saturated heterocycles. The Hall–Kier alpha value is -1.13. The highest BCUT2D eigenvalue weighted by atomic mass is 19.4. The van der Waals surface area contributed by atoms with Gasteiger partial charge in [0.05, 0.1) is 0 Å². The lowest BCUT2D eigenvalue weighted by Gasteiger charge is -2.04. The first-order chi connectivity index (χ1) is 6.54. The van der Waals surface area contributed by atoms with Gasteiger partial charge in [-0.2, -0.15) is 13.2 Å². The van der Waals surface area contributed by atoms with Crippen LogP contribution >= 0.6 is 0 Å². The van der Waals surface area contributed by atoms with Crippen LogP contribution in [0.3, 0.4) is 0 Å². The molecule has 0 aliphatic carbocycles. The molecule has 0 aliphatic heterocycles. The number of nitrogens with zero attached hydrogens (tertiary/aromatic N) is 2. The largest absolute Gasteiger partial charge is 0.451 e. The van der Waals surface area contributed by atoms with Crippen molar-refractivity contribution in [2.24, 2.45) is 0 Å². The first-order valence-corrected chi connectivity index (χ1v) is 4.43. The molecule has 80 valence electrons. The summed E-state index contributed by atoms with van der Waals surface area (Å²) in [5.74, 6) is -1.07. The maximum Gasteiger partial charge on any atom is 0.451 e. The van der Waals surface area contributed by atoms with Gasteiger partial charge in [-0.3, -0.25) is 0 Å². The molecule has 2 nitrogen and oxygen atoms in total. The van der Waals surface area contributed by atoms with Crippen LogP contribution in [0.15, 0.2) is 12.3 Å². The van der Waals surface area contributed by atoms with Crippen molar-refractivity contribution < 1.29 is 13.2 Å². The predicted molar refractivity (Wildman–Crippen MR) is 47.8 cm³/mol. The van der Waals surface area contributed by atoms with E-state index in [1.54, 1.807) is 6.92 Å². The number of halogens is 3. The van der Waals surface area contributed by atoms with Gasteiger partial charge in [-0.1, -0.05) is 20.8 Å². The van der Waals surface area contributed by atoms with Crippen LogP contribution in [0, 0.1) is 0 Å². The molecule has 0 aliphatic rings. The van der Waals surface area contributed by atoms with Crippen molar-refractivity contribution in [3.63, 3.8) is 0 Å². The van der Waals surface area contributed by atoms with Crippen LogP contribution in [-0.4, -0.2) is 9.97 Å². The molecule has 1 aromatic rings. The van der Waals surface area contributed by atoms with Crippen LogP contribution in [0.2, 0.25) is 0 Å². The van der Waals surface area contributed by atoms with E-state index in [1.807, 2.05) is 13.8 Å². The van der Waals surface area contributed by atoms with Crippen LogP contribution in [0.1, 0.15) is 32.3 Å². The number of hydrogen-bond donors (Lipinski definition) is 0. The van der Waals surface area contributed by atoms with E-state index >= 15 is 0 Å². The minimum atomic E-state index is -4.44. The lowest BCUT2D eigenvalue weighted by molar-refractivity contribution is -0.145. The Morgan fingerprint density at radius 3 is 2.29 bits per heavy atom. The third kappa shape index (κ3) is 3.72. The summed E-state index contributed by atoms with van der Waals surface area (Å²) in [6, 6.07) is 1.47. The van der Waals surface area contributed by atoms with E-state index in [1.165, 1.54) is 6.07 Å². The molecule has 0 atom stereocenters. The molecule has 0 radical (unpaired) electrons. The van der Waals surface area contributed by atoms with Gasteiger partial charge in [0.1, 0.15) is 0 Å². The van der Waals surface area contributed by atoms with Crippen molar-refractivity contribution in [2.45, 2.75) is 33.4 Å². The lowest BCUT2D eigenvalue weighted by Crippen LogP contribution is -2.11. The van der Waals surface area contributed by atoms with Crippen LogP contribution in [0.5, 0.6) is 0 Å². The molecule has 0 unspecified atom stereocenters. The van der Waals surface area contributed by atoms with Crippen LogP contribution in [0.25, 0.3) is 0 Å². The van der Waals surface area contributed by atoms with E-state index < -0.39 is 12.0 Å². The van der Waals surface area contributed by atoms with E-state index in [0.29, 0.717) is 12.1 Å². The maximum atomic E-state index is 12.0. The second-order valence-electron chi connectivity index (χ2n) is 2.22. The second kappa shape index (κ2) is 5.57. The van der Waals surface area contributed by atoms with E-state index in [-0.39, 0.29) is 0 Å². The molecule has 0 aromatic carbocycles. The fourth-order valence-corrected chi connectivity index (χ4v) is 0.730. The minimum absolute atomic E-state index is 0.400. The second-order valence-corrected chi connectivity index (χ2v) is 2.22. The SMILES string of the molecule is CC.CCc1ccnc(C(F)(F)F)n1. The smallest absolute Gasteiger partial charge is 0.233 e. The zero-order valence-corrected chi connectivity index (χ0v) is 8.39. The van der Waals surface area contributed by atoms with Gasteiger partial charge >= 0.3 is 6.18 Å². The monoisotopic (exact) mass is 206 g/mol. The first kappa shape index (κ1) is 12.9. The van der Waals surface area contributed by atoms with Crippen molar-refractivity contribution >= 4 is 0 Å². The molecular formula is C9H13F3N2. The van der Waals surface area contributed by atoms with Gasteiger partial charge in [0, 0.05) is 11.9 Å². The standard InChI is InChI=1S/C7H7F3N2.C2H6/c1-2-5-3-4-11-6(12-5)7(8,9)10;1-2/h3-4H,2H2,1H3;1-2H3. The summed E-state index contributed by atoms with van der Waals surface area (Å²) in [7, 11) is 0. The number of rotatable bonds is 1. The molecule has 1 rings (SSSR count). The molecule has 0 bridgehead atoms. The van der Waals surface area contributed by atoms with Crippen molar-refractivity contribution in [2.75, 3.05) is 0 Å². The topological polar surface area (TPSA) is 25.8 Å². The zero-order valence-electron chi connectivity index (χ0n) is 8.39. The van der Waals surface area contributed by atoms with Crippen molar-refractivity contribution in [1.82, 2.24) is 9.97 Å². The Kier molecular flexibility index (Phi) is 5.12. The van der Waals surface area contributed by atoms with Gasteiger partial charge in [-0.25, -0.2) is 9.97 Å². The Labute approximate surface area is 81.2 Å². The van der Waals surface area contributed by atoms with Gasteiger partial charge in [0.25, 0.3) is 0 Å². The van der Waals surface area contributed by atoms with Crippen LogP contribution in [0.4, 0.5) is 13.2 Å². The average molecular weight is 206 g/mol. The number of aromatic nitrogens is 2. The van der Waals surface area contributed by atoms with E-state index in [4.69, 9.17) is 0 Å². The van der Waals surface area contributed by atoms with Crippen molar-refractivity contribution in [3.8, 4) is 0 Å². The van der Waals surface area contributed by atoms with Gasteiger partial charge in [-0.05, 0) is 12.5 Å². The molecule has 1 aromatic heterocycles. The zero-order chi connectivity index (χ0) is 11.2. The number of hydrogen-bond acceptors (Lipinski definition) is 2. The van der Waals surface area contributed by atoms with Crippen molar-refractivity contribution in [3.05, 3.63) is 23.8 Å². The quantitative estimate of drug-likeness (QED) is 0.705. The summed E-state index contributed by atoms with van der Waals surface area (Å²) in [6.07, 6.45) is -2.84. The Bertz CT molecular complexity index is 271. The van der Waals surface area contributed by atoms with Crippen molar-refractivity contribution in [1.29, 1.82) is 0 Å². The molecule has 14 heavy (non-hydrogen) atoms. The third-order valence-electron chi connectivity index (χ3n) is 1.33. The summed E-state index contributed by atoms with van der Waals surface area (Å²) >= 11 is 0. The summed E-state index contributed by atoms with van der Waals surface area (Å²) in [5, 5.41) is 0. The van der Waals surface area contributed by atoms with Gasteiger partial charge < -0.3 is 0 Å². The summed E-state index contributed by atoms with van der Waals surface area (Å²) in [4.78, 5) is 6.45. The van der Waals surface area contributed by atoms with E-state index in [9.17, 15) is 13.2 Å². The highest BCUT2D eigenvalue weighted by Gasteiger charge is 2.34. The molecule has 5 heteroatoms. The predicted octanol–water partition coefficient (Wildman–Crippen LogP) is 3.08. The van der Waals surface area contributed by atoms with Crippen LogP contribution in [-0.2, 0) is 12.6 Å². The average Bonchev–Trinajstić information content (AvgIpc) is 2.20. The molecular weight excluding hydrogens is 193 g/mol. The van der Waals surface area contributed by atoms with Crippen LogP contribution < -0.4 is 0 Å². The Balaban J connectivity index is 0.000000791. The fraction of sp³-hybridized carbons (Fsp3) is 0.556.